The maximum Gasteiger partial charge on any atom is 0.152 e. The van der Waals surface area contributed by atoms with Crippen LogP contribution in [-0.4, -0.2) is 30.8 Å². The van der Waals surface area contributed by atoms with Gasteiger partial charge in [-0.15, -0.1) is 0 Å². The van der Waals surface area contributed by atoms with Crippen LogP contribution in [0, 0.1) is 0 Å². The lowest BCUT2D eigenvalue weighted by Gasteiger charge is -2.20. The number of hydrogen-bond acceptors (Lipinski definition) is 3. The molecule has 0 aliphatic carbocycles. The molecule has 0 fully saturated rings. The van der Waals surface area contributed by atoms with E-state index in [9.17, 15) is 4.79 Å². The van der Waals surface area contributed by atoms with E-state index in [0.29, 0.717) is 5.70 Å². The van der Waals surface area contributed by atoms with Gasteiger partial charge in [0.25, 0.3) is 0 Å². The Balaban J connectivity index is 4.27. The van der Waals surface area contributed by atoms with Crippen molar-refractivity contribution < 1.29 is 4.79 Å². The summed E-state index contributed by atoms with van der Waals surface area (Å²) in [5.41, 5.74) is 5.78. The van der Waals surface area contributed by atoms with Crippen molar-refractivity contribution in [3.8, 4) is 0 Å². The van der Waals surface area contributed by atoms with Gasteiger partial charge in [0.1, 0.15) is 6.04 Å². The minimum atomic E-state index is -0.333. The molecule has 10 heavy (non-hydrogen) atoms. The maximum atomic E-state index is 10.8. The zero-order chi connectivity index (χ0) is 8.31. The smallest absolute Gasteiger partial charge is 0.152 e. The van der Waals surface area contributed by atoms with Crippen LogP contribution in [-0.2, 0) is 4.79 Å². The van der Waals surface area contributed by atoms with Gasteiger partial charge in [-0.1, -0.05) is 6.58 Å². The van der Waals surface area contributed by atoms with E-state index < -0.39 is 0 Å². The lowest BCUT2D eigenvalue weighted by atomic mass is 10.1. The van der Waals surface area contributed by atoms with E-state index in [0.717, 1.165) is 0 Å². The van der Waals surface area contributed by atoms with Crippen LogP contribution in [0.3, 0.4) is 0 Å². The number of likely N-dealkylation sites (N-methyl/N-ethyl adjacent to an activating group) is 1. The largest absolute Gasteiger partial charge is 0.401 e. The highest BCUT2D eigenvalue weighted by molar-refractivity contribution is 5.84. The predicted molar refractivity (Wildman–Crippen MR) is 41.5 cm³/mol. The number of carbonyl (C=O) groups excluding carboxylic acids is 1. The number of rotatable bonds is 3. The Labute approximate surface area is 61.5 Å². The van der Waals surface area contributed by atoms with Crippen LogP contribution in [0.5, 0.6) is 0 Å². The second kappa shape index (κ2) is 3.37. The van der Waals surface area contributed by atoms with Gasteiger partial charge >= 0.3 is 0 Å². The summed E-state index contributed by atoms with van der Waals surface area (Å²) in [7, 11) is 3.59. The third-order valence-electron chi connectivity index (χ3n) is 1.25. The van der Waals surface area contributed by atoms with Gasteiger partial charge in [0.15, 0.2) is 5.78 Å². The second-order valence-electron chi connectivity index (χ2n) is 2.55. The van der Waals surface area contributed by atoms with Crippen LogP contribution in [0.25, 0.3) is 0 Å². The summed E-state index contributed by atoms with van der Waals surface area (Å²) in [6.07, 6.45) is 0. The van der Waals surface area contributed by atoms with E-state index in [1.165, 1.54) is 6.92 Å². The third-order valence-corrected chi connectivity index (χ3v) is 1.25. The topological polar surface area (TPSA) is 46.3 Å². The average molecular weight is 142 g/mol. The van der Waals surface area contributed by atoms with E-state index >= 15 is 0 Å². The van der Waals surface area contributed by atoms with Gasteiger partial charge in [-0.3, -0.25) is 9.69 Å². The van der Waals surface area contributed by atoms with Crippen LogP contribution in [0.1, 0.15) is 6.92 Å². The van der Waals surface area contributed by atoms with Gasteiger partial charge in [-0.05, 0) is 21.0 Å². The molecule has 0 spiro atoms. The molecular weight excluding hydrogens is 128 g/mol. The first-order valence-electron chi connectivity index (χ1n) is 3.08. The number of nitrogens with two attached hydrogens (primary N) is 1. The summed E-state index contributed by atoms with van der Waals surface area (Å²) >= 11 is 0. The first-order chi connectivity index (χ1) is 4.46. The third kappa shape index (κ3) is 2.19. The molecule has 3 heteroatoms. The Morgan fingerprint density at radius 2 is 2.00 bits per heavy atom. The molecule has 3 nitrogen and oxygen atoms in total. The molecule has 0 saturated carbocycles. The molecule has 2 N–H and O–H groups in total. The van der Waals surface area contributed by atoms with Gasteiger partial charge in [0, 0.05) is 5.70 Å². The number of carbonyl (C=O) groups is 1. The average Bonchev–Trinajstić information content (AvgIpc) is 1.59. The summed E-state index contributed by atoms with van der Waals surface area (Å²) in [5.74, 6) is 0.0255. The molecule has 0 aromatic carbocycles. The Kier molecular flexibility index (Phi) is 3.09. The summed E-state index contributed by atoms with van der Waals surface area (Å²) < 4.78 is 0. The van der Waals surface area contributed by atoms with Crippen molar-refractivity contribution in [1.29, 1.82) is 0 Å². The van der Waals surface area contributed by atoms with Crippen molar-refractivity contribution in [3.63, 3.8) is 0 Å². The van der Waals surface area contributed by atoms with Gasteiger partial charge in [-0.2, -0.15) is 0 Å². The monoisotopic (exact) mass is 142 g/mol. The summed E-state index contributed by atoms with van der Waals surface area (Å²) in [5, 5.41) is 0. The fourth-order valence-electron chi connectivity index (χ4n) is 0.956. The fourth-order valence-corrected chi connectivity index (χ4v) is 0.956. The van der Waals surface area contributed by atoms with Crippen molar-refractivity contribution in [2.24, 2.45) is 5.73 Å². The highest BCUT2D eigenvalue weighted by atomic mass is 16.1. The Hall–Kier alpha value is -0.830. The van der Waals surface area contributed by atoms with Crippen molar-refractivity contribution in [2.45, 2.75) is 13.0 Å². The van der Waals surface area contributed by atoms with Gasteiger partial charge < -0.3 is 5.73 Å². The molecule has 0 aliphatic heterocycles. The van der Waals surface area contributed by atoms with Crippen LogP contribution in [0.2, 0.25) is 0 Å². The molecule has 0 aromatic heterocycles. The lowest BCUT2D eigenvalue weighted by molar-refractivity contribution is -0.120. The van der Waals surface area contributed by atoms with Gasteiger partial charge in [0.05, 0.1) is 0 Å². The van der Waals surface area contributed by atoms with Crippen molar-refractivity contribution in [3.05, 3.63) is 12.3 Å². The first kappa shape index (κ1) is 9.17. The summed E-state index contributed by atoms with van der Waals surface area (Å²) in [4.78, 5) is 12.6. The van der Waals surface area contributed by atoms with E-state index in [1.807, 2.05) is 0 Å². The maximum absolute atomic E-state index is 10.8. The SMILES string of the molecule is C=C(N)[C@H](C(C)=O)N(C)C. The number of nitrogens with zero attached hydrogens (tertiary/aromatic N) is 1. The number of ketones is 1. The minimum absolute atomic E-state index is 0.0255. The predicted octanol–water partition coefficient (Wildman–Crippen LogP) is -0.0220. The second-order valence-corrected chi connectivity index (χ2v) is 2.55. The molecular formula is C7H14N2O. The van der Waals surface area contributed by atoms with E-state index in [1.54, 1.807) is 19.0 Å². The number of hydrogen-bond donors (Lipinski definition) is 1. The molecule has 0 aromatic rings. The minimum Gasteiger partial charge on any atom is -0.401 e. The van der Waals surface area contributed by atoms with Crippen molar-refractivity contribution in [1.82, 2.24) is 4.90 Å². The van der Waals surface area contributed by atoms with Gasteiger partial charge in [-0.25, -0.2) is 0 Å². The Morgan fingerprint density at radius 1 is 1.60 bits per heavy atom. The molecule has 0 heterocycles. The lowest BCUT2D eigenvalue weighted by Crippen LogP contribution is -2.38. The zero-order valence-corrected chi connectivity index (χ0v) is 6.72. The Morgan fingerprint density at radius 3 is 2.00 bits per heavy atom. The molecule has 0 radical (unpaired) electrons. The van der Waals surface area contributed by atoms with Crippen LogP contribution in [0.15, 0.2) is 12.3 Å². The standard InChI is InChI=1S/C7H14N2O/c1-5(8)7(6(2)10)9(3)4/h7H,1,8H2,2-4H3/t7-/m1/s1. The molecule has 0 aliphatic rings. The van der Waals surface area contributed by atoms with E-state index in [-0.39, 0.29) is 11.8 Å². The molecule has 1 atom stereocenters. The van der Waals surface area contributed by atoms with Crippen molar-refractivity contribution >= 4 is 5.78 Å². The quantitative estimate of drug-likeness (QED) is 0.602. The summed E-state index contributed by atoms with van der Waals surface area (Å²) in [6, 6.07) is -0.333. The van der Waals surface area contributed by atoms with Crippen molar-refractivity contribution in [2.75, 3.05) is 14.1 Å². The highest BCUT2D eigenvalue weighted by Crippen LogP contribution is 2.00. The van der Waals surface area contributed by atoms with E-state index in [2.05, 4.69) is 6.58 Å². The highest BCUT2D eigenvalue weighted by Gasteiger charge is 2.17. The first-order valence-corrected chi connectivity index (χ1v) is 3.08. The molecule has 0 amide bonds. The molecule has 0 rings (SSSR count). The molecule has 0 unspecified atom stereocenters. The Bertz CT molecular complexity index is 138. The number of Topliss-reactive ketones (excluding diaryl/α,β-unsaturated/α-hetero) is 1. The fraction of sp³-hybridized carbons (Fsp3) is 0.571. The molecule has 0 saturated heterocycles. The molecule has 58 valence electrons. The summed E-state index contributed by atoms with van der Waals surface area (Å²) in [6.45, 7) is 5.02. The van der Waals surface area contributed by atoms with Crippen LogP contribution in [0.4, 0.5) is 0 Å². The molecule has 0 bridgehead atoms. The zero-order valence-electron chi connectivity index (χ0n) is 6.72. The van der Waals surface area contributed by atoms with Gasteiger partial charge in [0.2, 0.25) is 0 Å². The van der Waals surface area contributed by atoms with E-state index in [4.69, 9.17) is 5.73 Å². The van der Waals surface area contributed by atoms with Crippen LogP contribution < -0.4 is 5.73 Å². The van der Waals surface area contributed by atoms with Crippen LogP contribution >= 0.6 is 0 Å². The normalized spacial score (nSPS) is 13.2.